The van der Waals surface area contributed by atoms with Crippen LogP contribution in [0, 0.1) is 0 Å². The lowest BCUT2D eigenvalue weighted by Gasteiger charge is -2.09. The highest BCUT2D eigenvalue weighted by molar-refractivity contribution is 5.79. The largest absolute Gasteiger partial charge is 0.371 e. The van der Waals surface area contributed by atoms with Gasteiger partial charge in [0.05, 0.1) is 0 Å². The molecular formula is C16H32O2. The van der Waals surface area contributed by atoms with Gasteiger partial charge in [-0.1, -0.05) is 64.7 Å². The van der Waals surface area contributed by atoms with Gasteiger partial charge in [0.25, 0.3) is 0 Å². The van der Waals surface area contributed by atoms with Crippen molar-refractivity contribution in [3.63, 3.8) is 0 Å². The van der Waals surface area contributed by atoms with Crippen molar-refractivity contribution in [3.8, 4) is 0 Å². The summed E-state index contributed by atoms with van der Waals surface area (Å²) >= 11 is 0. The van der Waals surface area contributed by atoms with Crippen molar-refractivity contribution < 1.29 is 9.53 Å². The second-order valence-electron chi connectivity index (χ2n) is 5.31. The zero-order valence-corrected chi connectivity index (χ0v) is 12.7. The van der Waals surface area contributed by atoms with Gasteiger partial charge in [0, 0.05) is 6.61 Å². The van der Waals surface area contributed by atoms with Crippen molar-refractivity contribution >= 4 is 5.78 Å². The molecule has 0 bridgehead atoms. The normalized spacial score (nSPS) is 12.6. The lowest BCUT2D eigenvalue weighted by Crippen LogP contribution is -2.17. The molecule has 0 amide bonds. The van der Waals surface area contributed by atoms with E-state index < -0.39 is 0 Å². The van der Waals surface area contributed by atoms with Crippen LogP contribution in [0.15, 0.2) is 0 Å². The molecule has 0 rings (SSSR count). The zero-order chi connectivity index (χ0) is 13.6. The van der Waals surface area contributed by atoms with Gasteiger partial charge >= 0.3 is 0 Å². The van der Waals surface area contributed by atoms with Gasteiger partial charge in [-0.15, -0.1) is 0 Å². The Balaban J connectivity index is 3.05. The number of hydrogen-bond donors (Lipinski definition) is 0. The van der Waals surface area contributed by atoms with Crippen LogP contribution in [-0.2, 0) is 9.53 Å². The molecule has 0 aromatic rings. The molecule has 1 atom stereocenters. The summed E-state index contributed by atoms with van der Waals surface area (Å²) in [5, 5.41) is 0. The number of ether oxygens (including phenoxy) is 1. The lowest BCUT2D eigenvalue weighted by atomic mass is 10.1. The van der Waals surface area contributed by atoms with Gasteiger partial charge in [0.15, 0.2) is 5.78 Å². The SMILES string of the molecule is CCCCCCCCCCCCOC(C)C(C)=O. The fraction of sp³-hybridized carbons (Fsp3) is 0.938. The number of carbonyl (C=O) groups excluding carboxylic acids is 1. The zero-order valence-electron chi connectivity index (χ0n) is 12.7. The highest BCUT2D eigenvalue weighted by atomic mass is 16.5. The summed E-state index contributed by atoms with van der Waals surface area (Å²) in [4.78, 5) is 10.9. The minimum Gasteiger partial charge on any atom is -0.371 e. The van der Waals surface area contributed by atoms with Crippen molar-refractivity contribution in [3.05, 3.63) is 0 Å². The molecule has 0 spiro atoms. The van der Waals surface area contributed by atoms with E-state index >= 15 is 0 Å². The average molecular weight is 256 g/mol. The van der Waals surface area contributed by atoms with Crippen LogP contribution in [0.1, 0.15) is 85.0 Å². The second kappa shape index (κ2) is 13.1. The molecule has 0 aromatic heterocycles. The molecule has 2 nitrogen and oxygen atoms in total. The lowest BCUT2D eigenvalue weighted by molar-refractivity contribution is -0.127. The van der Waals surface area contributed by atoms with Crippen LogP contribution in [0.5, 0.6) is 0 Å². The van der Waals surface area contributed by atoms with Gasteiger partial charge in [-0.05, 0) is 20.3 Å². The van der Waals surface area contributed by atoms with E-state index in [2.05, 4.69) is 6.92 Å². The molecule has 0 radical (unpaired) electrons. The first-order valence-corrected chi connectivity index (χ1v) is 7.80. The first-order chi connectivity index (χ1) is 8.68. The third-order valence-electron chi connectivity index (χ3n) is 3.44. The van der Waals surface area contributed by atoms with E-state index in [1.54, 1.807) is 6.92 Å². The Labute approximate surface area is 113 Å². The van der Waals surface area contributed by atoms with E-state index in [1.807, 2.05) is 6.92 Å². The summed E-state index contributed by atoms with van der Waals surface area (Å²) in [5.41, 5.74) is 0. The maximum Gasteiger partial charge on any atom is 0.158 e. The Morgan fingerprint density at radius 2 is 1.33 bits per heavy atom. The number of ketones is 1. The van der Waals surface area contributed by atoms with Crippen LogP contribution < -0.4 is 0 Å². The fourth-order valence-electron chi connectivity index (χ4n) is 1.97. The van der Waals surface area contributed by atoms with E-state index in [0.717, 1.165) is 13.0 Å². The van der Waals surface area contributed by atoms with E-state index in [0.29, 0.717) is 0 Å². The first-order valence-electron chi connectivity index (χ1n) is 7.80. The van der Waals surface area contributed by atoms with Gasteiger partial charge in [-0.25, -0.2) is 0 Å². The second-order valence-corrected chi connectivity index (χ2v) is 5.31. The number of Topliss-reactive ketones (excluding diaryl/α,β-unsaturated/α-hetero) is 1. The molecule has 0 fully saturated rings. The first kappa shape index (κ1) is 17.6. The Morgan fingerprint density at radius 1 is 0.889 bits per heavy atom. The van der Waals surface area contributed by atoms with E-state index in [-0.39, 0.29) is 11.9 Å². The molecule has 0 saturated carbocycles. The molecule has 1 unspecified atom stereocenters. The summed E-state index contributed by atoms with van der Waals surface area (Å²) in [5.74, 6) is 0.127. The predicted molar refractivity (Wildman–Crippen MR) is 77.9 cm³/mol. The topological polar surface area (TPSA) is 26.3 Å². The molecule has 0 heterocycles. The van der Waals surface area contributed by atoms with Crippen LogP contribution in [-0.4, -0.2) is 18.5 Å². The summed E-state index contributed by atoms with van der Waals surface area (Å²) in [6.45, 7) is 6.41. The highest BCUT2D eigenvalue weighted by Crippen LogP contribution is 2.10. The van der Waals surface area contributed by atoms with Crippen molar-refractivity contribution in [2.75, 3.05) is 6.61 Å². The van der Waals surface area contributed by atoms with Gasteiger partial charge in [0.2, 0.25) is 0 Å². The van der Waals surface area contributed by atoms with Crippen LogP contribution in [0.25, 0.3) is 0 Å². The number of carbonyl (C=O) groups is 1. The number of unbranched alkanes of at least 4 members (excludes halogenated alkanes) is 9. The summed E-state index contributed by atoms with van der Waals surface area (Å²) in [6.07, 6.45) is 13.1. The molecule has 0 aliphatic carbocycles. The average Bonchev–Trinajstić information content (AvgIpc) is 2.35. The quantitative estimate of drug-likeness (QED) is 0.438. The summed E-state index contributed by atoms with van der Waals surface area (Å²) in [6, 6.07) is 0. The smallest absolute Gasteiger partial charge is 0.158 e. The molecular weight excluding hydrogens is 224 g/mol. The van der Waals surface area contributed by atoms with E-state index in [9.17, 15) is 4.79 Å². The minimum absolute atomic E-state index is 0.127. The van der Waals surface area contributed by atoms with Crippen LogP contribution in [0.4, 0.5) is 0 Å². The predicted octanol–water partition coefficient (Wildman–Crippen LogP) is 4.90. The maximum atomic E-state index is 10.9. The van der Waals surface area contributed by atoms with Crippen molar-refractivity contribution in [2.24, 2.45) is 0 Å². The van der Waals surface area contributed by atoms with Crippen molar-refractivity contribution in [1.82, 2.24) is 0 Å². The fourth-order valence-corrected chi connectivity index (χ4v) is 1.97. The molecule has 0 aliphatic heterocycles. The monoisotopic (exact) mass is 256 g/mol. The van der Waals surface area contributed by atoms with Gasteiger partial charge in [-0.2, -0.15) is 0 Å². The Kier molecular flexibility index (Phi) is 12.8. The molecule has 2 heteroatoms. The standard InChI is InChI=1S/C16H32O2/c1-4-5-6-7-8-9-10-11-12-13-14-18-16(3)15(2)17/h16H,4-14H2,1-3H3. The van der Waals surface area contributed by atoms with Crippen molar-refractivity contribution in [2.45, 2.75) is 91.1 Å². The maximum absolute atomic E-state index is 10.9. The summed E-state index contributed by atoms with van der Waals surface area (Å²) < 4.78 is 5.43. The Bertz CT molecular complexity index is 190. The van der Waals surface area contributed by atoms with E-state index in [4.69, 9.17) is 4.74 Å². The van der Waals surface area contributed by atoms with Crippen LogP contribution >= 0.6 is 0 Å². The molecule has 108 valence electrons. The highest BCUT2D eigenvalue weighted by Gasteiger charge is 2.06. The molecule has 0 N–H and O–H groups in total. The molecule has 0 aromatic carbocycles. The molecule has 18 heavy (non-hydrogen) atoms. The summed E-state index contributed by atoms with van der Waals surface area (Å²) in [7, 11) is 0. The molecule has 0 saturated heterocycles. The van der Waals surface area contributed by atoms with Gasteiger partial charge in [0.1, 0.15) is 6.10 Å². The van der Waals surface area contributed by atoms with Gasteiger partial charge < -0.3 is 4.74 Å². The van der Waals surface area contributed by atoms with Crippen LogP contribution in [0.2, 0.25) is 0 Å². The minimum atomic E-state index is -0.219. The Hall–Kier alpha value is -0.370. The molecule has 0 aliphatic rings. The van der Waals surface area contributed by atoms with Crippen LogP contribution in [0.3, 0.4) is 0 Å². The van der Waals surface area contributed by atoms with Gasteiger partial charge in [-0.3, -0.25) is 4.79 Å². The Morgan fingerprint density at radius 3 is 1.78 bits per heavy atom. The van der Waals surface area contributed by atoms with E-state index in [1.165, 1.54) is 57.8 Å². The number of rotatable bonds is 13. The van der Waals surface area contributed by atoms with Crippen molar-refractivity contribution in [1.29, 1.82) is 0 Å². The third kappa shape index (κ3) is 12.1. The number of hydrogen-bond acceptors (Lipinski definition) is 2. The third-order valence-corrected chi connectivity index (χ3v) is 3.44.